The first kappa shape index (κ1) is 7.58. The minimum atomic E-state index is -0.519. The Labute approximate surface area is 81.7 Å². The number of rotatable bonds is 0. The van der Waals surface area contributed by atoms with Crippen LogP contribution in [-0.4, -0.2) is 61.6 Å². The van der Waals surface area contributed by atoms with E-state index >= 15 is 0 Å². The SMILES string of the molecule is O=c1[nH]nco1.[KH]. The van der Waals surface area contributed by atoms with Crippen LogP contribution < -0.4 is 5.76 Å². The van der Waals surface area contributed by atoms with Gasteiger partial charge in [-0.1, -0.05) is 0 Å². The zero-order valence-corrected chi connectivity index (χ0v) is 2.84. The van der Waals surface area contributed by atoms with Crippen LogP contribution in [0, 0.1) is 0 Å². The van der Waals surface area contributed by atoms with Crippen LogP contribution in [0.25, 0.3) is 0 Å². The second-order valence-electron chi connectivity index (χ2n) is 0.752. The van der Waals surface area contributed by atoms with Crippen LogP contribution >= 0.6 is 0 Å². The third kappa shape index (κ3) is 2.40. The molecule has 1 aromatic heterocycles. The van der Waals surface area contributed by atoms with Gasteiger partial charge in [-0.25, -0.2) is 9.89 Å². The summed E-state index contributed by atoms with van der Waals surface area (Å²) in [6.45, 7) is 0. The summed E-state index contributed by atoms with van der Waals surface area (Å²) < 4.78 is 4.11. The molecule has 0 aliphatic carbocycles. The van der Waals surface area contributed by atoms with E-state index < -0.39 is 5.76 Å². The van der Waals surface area contributed by atoms with Gasteiger partial charge in [0.25, 0.3) is 0 Å². The molecule has 0 bridgehead atoms. The first-order valence-electron chi connectivity index (χ1n) is 1.38. The average Bonchev–Trinajstić information content (AvgIpc) is 1.86. The summed E-state index contributed by atoms with van der Waals surface area (Å²) in [5, 5.41) is 5.25. The van der Waals surface area contributed by atoms with E-state index in [-0.39, 0.29) is 51.4 Å². The summed E-state index contributed by atoms with van der Waals surface area (Å²) in [4.78, 5) is 9.78. The van der Waals surface area contributed by atoms with Crippen molar-refractivity contribution in [3.05, 3.63) is 16.9 Å². The average molecular weight is 126 g/mol. The van der Waals surface area contributed by atoms with E-state index in [0.29, 0.717) is 0 Å². The van der Waals surface area contributed by atoms with Gasteiger partial charge in [-0.2, -0.15) is 0 Å². The Bertz CT molecular complexity index is 151. The molecular formula is C2H3KN2O2. The van der Waals surface area contributed by atoms with E-state index in [1.807, 2.05) is 5.10 Å². The molecule has 4 nitrogen and oxygen atoms in total. The van der Waals surface area contributed by atoms with Gasteiger partial charge in [-0.05, 0) is 0 Å². The third-order valence-electron chi connectivity index (χ3n) is 0.368. The number of hydrogen-bond donors (Lipinski definition) is 1. The van der Waals surface area contributed by atoms with Crippen molar-refractivity contribution in [2.45, 2.75) is 0 Å². The molecule has 1 N–H and O–H groups in total. The molecule has 0 unspecified atom stereocenters. The van der Waals surface area contributed by atoms with E-state index in [1.165, 1.54) is 0 Å². The second-order valence-corrected chi connectivity index (χ2v) is 0.752. The van der Waals surface area contributed by atoms with Crippen LogP contribution in [0.15, 0.2) is 15.6 Å². The zero-order chi connectivity index (χ0) is 4.41. The molecule has 0 aromatic carbocycles. The van der Waals surface area contributed by atoms with Crippen LogP contribution in [0.5, 0.6) is 0 Å². The molecule has 1 rings (SSSR count). The number of nitrogens with one attached hydrogen (secondary N) is 1. The molecule has 5 heteroatoms. The zero-order valence-electron chi connectivity index (χ0n) is 2.84. The van der Waals surface area contributed by atoms with Crippen molar-refractivity contribution in [2.24, 2.45) is 0 Å². The predicted molar refractivity (Wildman–Crippen MR) is 24.3 cm³/mol. The molecule has 0 amide bonds. The van der Waals surface area contributed by atoms with Gasteiger partial charge in [0.15, 0.2) is 0 Å². The number of nitrogens with zero attached hydrogens (tertiary/aromatic N) is 1. The fourth-order valence-corrected chi connectivity index (χ4v) is 0.180. The second kappa shape index (κ2) is 3.56. The van der Waals surface area contributed by atoms with Crippen molar-refractivity contribution >= 4 is 51.4 Å². The Morgan fingerprint density at radius 3 is 2.71 bits per heavy atom. The van der Waals surface area contributed by atoms with E-state index in [4.69, 9.17) is 0 Å². The molecule has 0 radical (unpaired) electrons. The summed E-state index contributed by atoms with van der Waals surface area (Å²) in [6, 6.07) is 0. The quantitative estimate of drug-likeness (QED) is 0.440. The van der Waals surface area contributed by atoms with Gasteiger partial charge in [-0.3, -0.25) is 0 Å². The van der Waals surface area contributed by atoms with Gasteiger partial charge in [0.1, 0.15) is 0 Å². The van der Waals surface area contributed by atoms with Crippen molar-refractivity contribution in [3.63, 3.8) is 0 Å². The van der Waals surface area contributed by atoms with Crippen LogP contribution in [0.4, 0.5) is 0 Å². The molecule has 0 saturated heterocycles. The summed E-state index contributed by atoms with van der Waals surface area (Å²) in [5.74, 6) is -0.519. The Morgan fingerprint density at radius 1 is 1.86 bits per heavy atom. The first-order valence-corrected chi connectivity index (χ1v) is 1.38. The maximum absolute atomic E-state index is 9.78. The molecule has 0 spiro atoms. The van der Waals surface area contributed by atoms with Gasteiger partial charge < -0.3 is 4.42 Å². The molecule has 1 heterocycles. The van der Waals surface area contributed by atoms with Gasteiger partial charge in [0.2, 0.25) is 6.39 Å². The van der Waals surface area contributed by atoms with Gasteiger partial charge >= 0.3 is 57.1 Å². The first-order chi connectivity index (χ1) is 2.89. The Hall–Kier alpha value is 0.576. The molecule has 34 valence electrons. The molecule has 0 atom stereocenters. The predicted octanol–water partition coefficient (Wildman–Crippen LogP) is -1.29. The van der Waals surface area contributed by atoms with Crippen molar-refractivity contribution in [1.29, 1.82) is 0 Å². The van der Waals surface area contributed by atoms with Crippen LogP contribution in [0.2, 0.25) is 0 Å². The van der Waals surface area contributed by atoms with E-state index in [0.717, 1.165) is 6.39 Å². The van der Waals surface area contributed by atoms with Crippen molar-refractivity contribution < 1.29 is 4.42 Å². The number of aromatic nitrogens is 2. The molecular weight excluding hydrogens is 123 g/mol. The molecule has 7 heavy (non-hydrogen) atoms. The molecule has 0 fully saturated rings. The molecule has 0 aliphatic heterocycles. The summed E-state index contributed by atoms with van der Waals surface area (Å²) >= 11 is 0. The van der Waals surface area contributed by atoms with Crippen LogP contribution in [0.1, 0.15) is 0 Å². The van der Waals surface area contributed by atoms with Crippen LogP contribution in [-0.2, 0) is 0 Å². The molecule has 0 saturated carbocycles. The molecule has 0 aliphatic rings. The van der Waals surface area contributed by atoms with Crippen molar-refractivity contribution in [2.75, 3.05) is 0 Å². The Balaban J connectivity index is 0.000000360. The normalized spacial score (nSPS) is 7.43. The Kier molecular flexibility index (Phi) is 3.86. The van der Waals surface area contributed by atoms with Gasteiger partial charge in [0, 0.05) is 0 Å². The Morgan fingerprint density at radius 2 is 2.57 bits per heavy atom. The monoisotopic (exact) mass is 126 g/mol. The van der Waals surface area contributed by atoms with Crippen LogP contribution in [0.3, 0.4) is 0 Å². The van der Waals surface area contributed by atoms with E-state index in [9.17, 15) is 4.79 Å². The summed E-state index contributed by atoms with van der Waals surface area (Å²) in [5.41, 5.74) is 0. The topological polar surface area (TPSA) is 58.9 Å². The van der Waals surface area contributed by atoms with Crippen molar-refractivity contribution in [3.8, 4) is 0 Å². The standard InChI is InChI=1S/C2H2N2O2.K.H/c5-2-4-3-1-6-2;;/h1H,(H,4,5);;. The van der Waals surface area contributed by atoms with Gasteiger partial charge in [-0.15, -0.1) is 5.10 Å². The molecule has 1 aromatic rings. The fourth-order valence-electron chi connectivity index (χ4n) is 0.180. The fraction of sp³-hybridized carbons (Fsp3) is 0. The minimum absolute atomic E-state index is 0. The van der Waals surface area contributed by atoms with Gasteiger partial charge in [0.05, 0.1) is 0 Å². The summed E-state index contributed by atoms with van der Waals surface area (Å²) in [6.07, 6.45) is 1.04. The maximum atomic E-state index is 9.78. The van der Waals surface area contributed by atoms with E-state index in [1.54, 1.807) is 0 Å². The van der Waals surface area contributed by atoms with Crippen molar-refractivity contribution in [1.82, 2.24) is 10.2 Å². The number of hydrogen-bond acceptors (Lipinski definition) is 3. The number of aromatic amines is 1. The van der Waals surface area contributed by atoms with E-state index in [2.05, 4.69) is 9.52 Å². The third-order valence-corrected chi connectivity index (χ3v) is 0.368. The number of H-pyrrole nitrogens is 1. The summed E-state index contributed by atoms with van der Waals surface area (Å²) in [7, 11) is 0.